The van der Waals surface area contributed by atoms with Crippen molar-refractivity contribution in [2.45, 2.75) is 44.0 Å². The Bertz CT molecular complexity index is 647. The first kappa shape index (κ1) is 21.5. The Kier molecular flexibility index (Phi) is 8.29. The SMILES string of the molecule is CCCN(C1CCNCC1)S(=O)(=O)c1cc(Cl)c(OC)cc1C.Cl. The molecule has 1 aliphatic rings. The molecule has 1 saturated heterocycles. The Morgan fingerprint density at radius 2 is 1.96 bits per heavy atom. The normalized spacial score (nSPS) is 16.0. The van der Waals surface area contributed by atoms with Gasteiger partial charge in [0.05, 0.1) is 17.0 Å². The van der Waals surface area contributed by atoms with Gasteiger partial charge in [0.2, 0.25) is 10.0 Å². The fraction of sp³-hybridized carbons (Fsp3) is 0.625. The summed E-state index contributed by atoms with van der Waals surface area (Å²) in [6, 6.07) is 3.23. The highest BCUT2D eigenvalue weighted by molar-refractivity contribution is 7.89. The van der Waals surface area contributed by atoms with Crippen molar-refractivity contribution in [1.29, 1.82) is 0 Å². The second-order valence-corrected chi connectivity index (χ2v) is 8.12. The molecule has 5 nitrogen and oxygen atoms in total. The zero-order valence-corrected chi connectivity index (χ0v) is 16.7. The summed E-state index contributed by atoms with van der Waals surface area (Å²) in [5.41, 5.74) is 0.654. The molecule has 24 heavy (non-hydrogen) atoms. The Balaban J connectivity index is 0.00000288. The van der Waals surface area contributed by atoms with Gasteiger partial charge in [-0.05, 0) is 57.0 Å². The van der Waals surface area contributed by atoms with Gasteiger partial charge in [0, 0.05) is 12.6 Å². The van der Waals surface area contributed by atoms with Crippen molar-refractivity contribution in [2.24, 2.45) is 0 Å². The van der Waals surface area contributed by atoms with Crippen LogP contribution in [0.25, 0.3) is 0 Å². The first-order valence-electron chi connectivity index (χ1n) is 7.98. The molecule has 0 amide bonds. The smallest absolute Gasteiger partial charge is 0.243 e. The summed E-state index contributed by atoms with van der Waals surface area (Å²) in [4.78, 5) is 0.273. The van der Waals surface area contributed by atoms with Crippen LogP contribution in [0.4, 0.5) is 0 Å². The summed E-state index contributed by atoms with van der Waals surface area (Å²) in [5.74, 6) is 0.493. The number of hydrogen-bond donors (Lipinski definition) is 1. The molecule has 0 spiro atoms. The number of nitrogens with one attached hydrogen (secondary N) is 1. The molecule has 1 aromatic rings. The monoisotopic (exact) mass is 396 g/mol. The lowest BCUT2D eigenvalue weighted by Gasteiger charge is -2.34. The van der Waals surface area contributed by atoms with Crippen molar-refractivity contribution in [3.63, 3.8) is 0 Å². The number of nitrogens with zero attached hydrogens (tertiary/aromatic N) is 1. The second kappa shape index (κ2) is 9.25. The van der Waals surface area contributed by atoms with E-state index in [0.29, 0.717) is 22.9 Å². The van der Waals surface area contributed by atoms with Crippen LogP contribution in [0.2, 0.25) is 5.02 Å². The first-order chi connectivity index (χ1) is 10.9. The van der Waals surface area contributed by atoms with Crippen LogP contribution in [0, 0.1) is 6.92 Å². The van der Waals surface area contributed by atoms with E-state index in [9.17, 15) is 8.42 Å². The largest absolute Gasteiger partial charge is 0.495 e. The molecule has 0 radical (unpaired) electrons. The highest BCUT2D eigenvalue weighted by Crippen LogP contribution is 2.33. The molecule has 138 valence electrons. The molecule has 0 saturated carbocycles. The molecule has 0 unspecified atom stereocenters. The maximum atomic E-state index is 13.2. The minimum Gasteiger partial charge on any atom is -0.495 e. The maximum absolute atomic E-state index is 13.2. The van der Waals surface area contributed by atoms with Crippen molar-refractivity contribution >= 4 is 34.0 Å². The lowest BCUT2D eigenvalue weighted by atomic mass is 10.1. The van der Waals surface area contributed by atoms with Crippen molar-refractivity contribution in [2.75, 3.05) is 26.7 Å². The minimum absolute atomic E-state index is 0. The first-order valence-corrected chi connectivity index (χ1v) is 9.80. The van der Waals surface area contributed by atoms with E-state index in [4.69, 9.17) is 16.3 Å². The maximum Gasteiger partial charge on any atom is 0.243 e. The molecular weight excluding hydrogens is 371 g/mol. The molecule has 0 atom stereocenters. The third-order valence-corrected chi connectivity index (χ3v) is 6.59. The Labute approximate surface area is 156 Å². The summed E-state index contributed by atoms with van der Waals surface area (Å²) < 4.78 is 33.2. The number of ether oxygens (including phenoxy) is 1. The molecule has 0 aliphatic carbocycles. The number of hydrogen-bond acceptors (Lipinski definition) is 4. The van der Waals surface area contributed by atoms with E-state index in [-0.39, 0.29) is 23.3 Å². The van der Waals surface area contributed by atoms with Crippen LogP contribution in [0.1, 0.15) is 31.7 Å². The molecule has 1 N–H and O–H groups in total. The van der Waals surface area contributed by atoms with E-state index in [2.05, 4.69) is 5.32 Å². The average Bonchev–Trinajstić information content (AvgIpc) is 2.54. The summed E-state index contributed by atoms with van der Waals surface area (Å²) >= 11 is 6.16. The molecule has 0 bridgehead atoms. The number of aryl methyl sites for hydroxylation is 1. The molecule has 8 heteroatoms. The molecule has 2 rings (SSSR count). The molecule has 1 aliphatic heterocycles. The van der Waals surface area contributed by atoms with Gasteiger partial charge in [-0.25, -0.2) is 8.42 Å². The molecule has 0 aromatic heterocycles. The zero-order valence-electron chi connectivity index (χ0n) is 14.3. The van der Waals surface area contributed by atoms with Gasteiger partial charge >= 0.3 is 0 Å². The van der Waals surface area contributed by atoms with Gasteiger partial charge in [0.15, 0.2) is 0 Å². The summed E-state index contributed by atoms with van der Waals surface area (Å²) in [6.45, 7) is 6.00. The van der Waals surface area contributed by atoms with Crippen LogP contribution in [0.5, 0.6) is 5.75 Å². The van der Waals surface area contributed by atoms with Gasteiger partial charge in [-0.15, -0.1) is 12.4 Å². The highest BCUT2D eigenvalue weighted by Gasteiger charge is 2.33. The van der Waals surface area contributed by atoms with Gasteiger partial charge in [0.1, 0.15) is 5.75 Å². The van der Waals surface area contributed by atoms with Gasteiger partial charge in [-0.1, -0.05) is 18.5 Å². The number of benzene rings is 1. The van der Waals surface area contributed by atoms with Crippen molar-refractivity contribution in [3.8, 4) is 5.75 Å². The predicted molar refractivity (Wildman–Crippen MR) is 100 cm³/mol. The van der Waals surface area contributed by atoms with E-state index in [1.54, 1.807) is 17.3 Å². The summed E-state index contributed by atoms with van der Waals surface area (Å²) in [6.07, 6.45) is 2.45. The van der Waals surface area contributed by atoms with Crippen LogP contribution in [-0.2, 0) is 10.0 Å². The van der Waals surface area contributed by atoms with Gasteiger partial charge in [0.25, 0.3) is 0 Å². The van der Waals surface area contributed by atoms with Crippen LogP contribution in [0.3, 0.4) is 0 Å². The molecular formula is C16H26Cl2N2O3S. The van der Waals surface area contributed by atoms with Crippen LogP contribution >= 0.6 is 24.0 Å². The van der Waals surface area contributed by atoms with Gasteiger partial charge in [-0.2, -0.15) is 4.31 Å². The molecule has 1 heterocycles. The molecule has 1 fully saturated rings. The highest BCUT2D eigenvalue weighted by atomic mass is 35.5. The summed E-state index contributed by atoms with van der Waals surface area (Å²) in [7, 11) is -2.05. The third-order valence-electron chi connectivity index (χ3n) is 4.20. The van der Waals surface area contributed by atoms with Crippen LogP contribution in [-0.4, -0.2) is 45.5 Å². The van der Waals surface area contributed by atoms with E-state index < -0.39 is 10.0 Å². The van der Waals surface area contributed by atoms with E-state index in [1.807, 2.05) is 6.92 Å². The number of methoxy groups -OCH3 is 1. The number of halogens is 2. The van der Waals surface area contributed by atoms with E-state index in [0.717, 1.165) is 32.4 Å². The Morgan fingerprint density at radius 1 is 1.33 bits per heavy atom. The number of piperidine rings is 1. The van der Waals surface area contributed by atoms with E-state index >= 15 is 0 Å². The quantitative estimate of drug-likeness (QED) is 0.801. The lowest BCUT2D eigenvalue weighted by molar-refractivity contribution is 0.262. The zero-order chi connectivity index (χ0) is 17.0. The summed E-state index contributed by atoms with van der Waals surface area (Å²) in [5, 5.41) is 3.60. The van der Waals surface area contributed by atoms with Crippen molar-refractivity contribution < 1.29 is 13.2 Å². The standard InChI is InChI=1S/C16H25ClN2O3S.ClH/c1-4-9-19(13-5-7-18-8-6-13)23(20,21)16-11-14(17)15(22-3)10-12(16)2;/h10-11,13,18H,4-9H2,1-3H3;1H. The van der Waals surface area contributed by atoms with Crippen LogP contribution < -0.4 is 10.1 Å². The van der Waals surface area contributed by atoms with Crippen molar-refractivity contribution in [3.05, 3.63) is 22.7 Å². The van der Waals surface area contributed by atoms with Crippen LogP contribution in [0.15, 0.2) is 17.0 Å². The fourth-order valence-electron chi connectivity index (χ4n) is 3.01. The number of rotatable bonds is 6. The predicted octanol–water partition coefficient (Wildman–Crippen LogP) is 3.23. The lowest BCUT2D eigenvalue weighted by Crippen LogP contribution is -2.46. The molecule has 1 aromatic carbocycles. The van der Waals surface area contributed by atoms with Gasteiger partial charge in [-0.3, -0.25) is 0 Å². The second-order valence-electron chi connectivity index (χ2n) is 5.85. The minimum atomic E-state index is -3.58. The van der Waals surface area contributed by atoms with Crippen molar-refractivity contribution in [1.82, 2.24) is 9.62 Å². The topological polar surface area (TPSA) is 58.6 Å². The Morgan fingerprint density at radius 3 is 2.50 bits per heavy atom. The van der Waals surface area contributed by atoms with E-state index in [1.165, 1.54) is 13.2 Å². The Hall–Kier alpha value is -0.530. The third kappa shape index (κ3) is 4.55. The average molecular weight is 397 g/mol. The fourth-order valence-corrected chi connectivity index (χ4v) is 5.33. The van der Waals surface area contributed by atoms with Gasteiger partial charge < -0.3 is 10.1 Å². The number of sulfonamides is 1.